The fourth-order valence-electron chi connectivity index (χ4n) is 0.902. The average Bonchev–Trinajstić information content (AvgIpc) is 2.53. The first-order valence-electron chi connectivity index (χ1n) is 3.68. The Hall–Kier alpha value is -1.78. The third kappa shape index (κ3) is 1.53. The summed E-state index contributed by atoms with van der Waals surface area (Å²) < 4.78 is 17.6. The maximum atomic E-state index is 12.5. The minimum Gasteiger partial charge on any atom is -0.420 e. The zero-order valence-corrected chi connectivity index (χ0v) is 6.86. The highest BCUT2D eigenvalue weighted by atomic mass is 19.1. The van der Waals surface area contributed by atoms with Crippen molar-refractivity contribution in [3.63, 3.8) is 0 Å². The zero-order valence-electron chi connectivity index (χ0n) is 6.86. The Bertz CT molecular complexity index is 410. The summed E-state index contributed by atoms with van der Waals surface area (Å²) >= 11 is 0. The van der Waals surface area contributed by atoms with E-state index in [1.165, 1.54) is 12.1 Å². The maximum absolute atomic E-state index is 12.5. The van der Waals surface area contributed by atoms with Crippen LogP contribution >= 0.6 is 0 Å². The highest BCUT2D eigenvalue weighted by molar-refractivity contribution is 5.44. The average molecular weight is 179 g/mol. The van der Waals surface area contributed by atoms with Crippen molar-refractivity contribution in [2.24, 2.45) is 0 Å². The molecule has 4 nitrogen and oxygen atoms in total. The van der Waals surface area contributed by atoms with E-state index in [-0.39, 0.29) is 5.82 Å². The lowest BCUT2D eigenvalue weighted by Crippen LogP contribution is -1.84. The van der Waals surface area contributed by atoms with Gasteiger partial charge in [0.15, 0.2) is 0 Å². The largest absolute Gasteiger partial charge is 0.420 e. The van der Waals surface area contributed by atoms with Gasteiger partial charge in [-0.15, -0.1) is 10.2 Å². The number of pyridine rings is 1. The van der Waals surface area contributed by atoms with Gasteiger partial charge in [0.05, 0.1) is 6.20 Å². The van der Waals surface area contributed by atoms with Gasteiger partial charge in [-0.3, -0.25) is 0 Å². The molecule has 2 aromatic rings. The molecule has 2 heterocycles. The van der Waals surface area contributed by atoms with Crippen LogP contribution < -0.4 is 0 Å². The van der Waals surface area contributed by atoms with Gasteiger partial charge in [-0.2, -0.15) is 0 Å². The first kappa shape index (κ1) is 7.85. The van der Waals surface area contributed by atoms with Crippen LogP contribution in [0.25, 0.3) is 11.6 Å². The molecule has 0 radical (unpaired) electrons. The van der Waals surface area contributed by atoms with Gasteiger partial charge in [0.2, 0.25) is 5.89 Å². The van der Waals surface area contributed by atoms with Gasteiger partial charge >= 0.3 is 0 Å². The molecule has 0 aliphatic heterocycles. The number of hydrogen-bond acceptors (Lipinski definition) is 4. The Morgan fingerprint density at radius 1 is 1.31 bits per heavy atom. The quantitative estimate of drug-likeness (QED) is 0.666. The fourth-order valence-corrected chi connectivity index (χ4v) is 0.902. The molecule has 0 amide bonds. The number of aryl methyl sites for hydroxylation is 1. The third-order valence-corrected chi connectivity index (χ3v) is 1.47. The topological polar surface area (TPSA) is 51.8 Å². The van der Waals surface area contributed by atoms with Crippen LogP contribution in [0, 0.1) is 12.7 Å². The molecule has 0 fully saturated rings. The molecule has 0 aliphatic rings. The summed E-state index contributed by atoms with van der Waals surface area (Å²) in [5, 5.41) is 7.38. The van der Waals surface area contributed by atoms with Crippen LogP contribution in [-0.2, 0) is 0 Å². The minimum atomic E-state index is -0.389. The molecule has 0 atom stereocenters. The SMILES string of the molecule is Cc1nnc(-c2ccc(F)cn2)o1. The molecule has 66 valence electrons. The van der Waals surface area contributed by atoms with E-state index < -0.39 is 0 Å². The molecule has 0 spiro atoms. The van der Waals surface area contributed by atoms with Gasteiger partial charge in [-0.25, -0.2) is 9.37 Å². The molecular formula is C8H6FN3O. The number of aromatic nitrogens is 3. The van der Waals surface area contributed by atoms with Gasteiger partial charge in [-0.05, 0) is 12.1 Å². The molecule has 0 saturated carbocycles. The van der Waals surface area contributed by atoms with Crippen LogP contribution in [0.15, 0.2) is 22.7 Å². The van der Waals surface area contributed by atoms with Crippen LogP contribution in [0.4, 0.5) is 4.39 Å². The summed E-state index contributed by atoms with van der Waals surface area (Å²) in [6, 6.07) is 2.78. The molecule has 0 saturated heterocycles. The van der Waals surface area contributed by atoms with Crippen molar-refractivity contribution in [1.82, 2.24) is 15.2 Å². The Morgan fingerprint density at radius 2 is 2.15 bits per heavy atom. The van der Waals surface area contributed by atoms with Crippen molar-refractivity contribution in [3.05, 3.63) is 30.0 Å². The summed E-state index contributed by atoms with van der Waals surface area (Å²) in [7, 11) is 0. The van der Waals surface area contributed by atoms with E-state index in [0.717, 1.165) is 6.20 Å². The van der Waals surface area contributed by atoms with E-state index in [9.17, 15) is 4.39 Å². The first-order valence-corrected chi connectivity index (χ1v) is 3.68. The second-order valence-electron chi connectivity index (χ2n) is 2.49. The van der Waals surface area contributed by atoms with Gasteiger partial charge in [0, 0.05) is 6.92 Å². The summed E-state index contributed by atoms with van der Waals surface area (Å²) in [4.78, 5) is 3.79. The first-order chi connectivity index (χ1) is 6.25. The molecule has 0 aliphatic carbocycles. The summed E-state index contributed by atoms with van der Waals surface area (Å²) in [5.41, 5.74) is 0.474. The Kier molecular flexibility index (Phi) is 1.77. The maximum Gasteiger partial charge on any atom is 0.266 e. The lowest BCUT2D eigenvalue weighted by molar-refractivity contribution is 0.530. The van der Waals surface area contributed by atoms with Gasteiger partial charge < -0.3 is 4.42 Å². The van der Waals surface area contributed by atoms with Crippen molar-refractivity contribution in [1.29, 1.82) is 0 Å². The van der Waals surface area contributed by atoms with Crippen molar-refractivity contribution >= 4 is 0 Å². The van der Waals surface area contributed by atoms with Crippen molar-refractivity contribution in [2.45, 2.75) is 6.92 Å². The van der Waals surface area contributed by atoms with Gasteiger partial charge in [0.25, 0.3) is 5.89 Å². The predicted octanol–water partition coefficient (Wildman–Crippen LogP) is 1.58. The molecule has 2 aromatic heterocycles. The molecule has 5 heteroatoms. The van der Waals surface area contributed by atoms with Gasteiger partial charge in [-0.1, -0.05) is 0 Å². The number of hydrogen-bond donors (Lipinski definition) is 0. The van der Waals surface area contributed by atoms with Crippen LogP contribution in [-0.4, -0.2) is 15.2 Å². The number of rotatable bonds is 1. The molecule has 13 heavy (non-hydrogen) atoms. The highest BCUT2D eigenvalue weighted by Gasteiger charge is 2.06. The van der Waals surface area contributed by atoms with Crippen molar-refractivity contribution in [2.75, 3.05) is 0 Å². The van der Waals surface area contributed by atoms with Crippen molar-refractivity contribution in [3.8, 4) is 11.6 Å². The number of nitrogens with zero attached hydrogens (tertiary/aromatic N) is 3. The van der Waals surface area contributed by atoms with E-state index in [1.54, 1.807) is 6.92 Å². The third-order valence-electron chi connectivity index (χ3n) is 1.47. The summed E-state index contributed by atoms with van der Waals surface area (Å²) in [5.74, 6) is 0.374. The Morgan fingerprint density at radius 3 is 2.69 bits per heavy atom. The molecule has 0 aromatic carbocycles. The standard InChI is InChI=1S/C8H6FN3O/c1-5-11-12-8(13-5)7-3-2-6(9)4-10-7/h2-4H,1H3. The fraction of sp³-hybridized carbons (Fsp3) is 0.125. The second kappa shape index (κ2) is 2.93. The van der Waals surface area contributed by atoms with E-state index in [1.807, 2.05) is 0 Å². The summed E-state index contributed by atoms with van der Waals surface area (Å²) in [6.45, 7) is 1.68. The van der Waals surface area contributed by atoms with E-state index >= 15 is 0 Å². The summed E-state index contributed by atoms with van der Waals surface area (Å²) in [6.07, 6.45) is 1.11. The van der Waals surface area contributed by atoms with Crippen LogP contribution in [0.1, 0.15) is 5.89 Å². The Labute approximate surface area is 73.4 Å². The zero-order chi connectivity index (χ0) is 9.26. The molecular weight excluding hydrogens is 173 g/mol. The minimum absolute atomic E-state index is 0.303. The Balaban J connectivity index is 2.41. The highest BCUT2D eigenvalue weighted by Crippen LogP contribution is 2.14. The van der Waals surface area contributed by atoms with E-state index in [4.69, 9.17) is 4.42 Å². The van der Waals surface area contributed by atoms with Crippen LogP contribution in [0.3, 0.4) is 0 Å². The lowest BCUT2D eigenvalue weighted by atomic mass is 10.3. The van der Waals surface area contributed by atoms with E-state index in [2.05, 4.69) is 15.2 Å². The molecule has 0 bridgehead atoms. The molecule has 0 unspecified atom stereocenters. The van der Waals surface area contributed by atoms with E-state index in [0.29, 0.717) is 17.5 Å². The van der Waals surface area contributed by atoms with Crippen LogP contribution in [0.2, 0.25) is 0 Å². The van der Waals surface area contributed by atoms with Gasteiger partial charge in [0.1, 0.15) is 11.5 Å². The lowest BCUT2D eigenvalue weighted by Gasteiger charge is -1.91. The van der Waals surface area contributed by atoms with Crippen LogP contribution in [0.5, 0.6) is 0 Å². The monoisotopic (exact) mass is 179 g/mol. The number of halogens is 1. The molecule has 2 rings (SSSR count). The normalized spacial score (nSPS) is 10.3. The van der Waals surface area contributed by atoms with Crippen molar-refractivity contribution < 1.29 is 8.81 Å². The smallest absolute Gasteiger partial charge is 0.266 e. The predicted molar refractivity (Wildman–Crippen MR) is 42.2 cm³/mol. The molecule has 0 N–H and O–H groups in total. The second-order valence-corrected chi connectivity index (χ2v) is 2.49.